The van der Waals surface area contributed by atoms with Crippen molar-refractivity contribution in [1.82, 2.24) is 19.7 Å². The largest absolute Gasteiger partial charge is 0.382 e. The van der Waals surface area contributed by atoms with Gasteiger partial charge in [-0.3, -0.25) is 9.89 Å². The molecular formula is C24H29Cl2N7O. The lowest BCUT2D eigenvalue weighted by Gasteiger charge is -2.40. The van der Waals surface area contributed by atoms with E-state index in [4.69, 9.17) is 23.2 Å². The van der Waals surface area contributed by atoms with Crippen molar-refractivity contribution in [2.24, 2.45) is 4.99 Å². The molecule has 0 saturated carbocycles. The summed E-state index contributed by atoms with van der Waals surface area (Å²) in [4.78, 5) is 14.7. The van der Waals surface area contributed by atoms with Crippen LogP contribution in [0.5, 0.6) is 0 Å². The normalized spacial score (nSPS) is 16.7. The van der Waals surface area contributed by atoms with Crippen molar-refractivity contribution >= 4 is 40.9 Å². The van der Waals surface area contributed by atoms with Crippen molar-refractivity contribution in [2.45, 2.75) is 12.1 Å². The van der Waals surface area contributed by atoms with Crippen LogP contribution in [0.25, 0.3) is 0 Å². The van der Waals surface area contributed by atoms with Crippen LogP contribution in [0, 0.1) is 0 Å². The van der Waals surface area contributed by atoms with Gasteiger partial charge in [0.25, 0.3) is 0 Å². The molecule has 10 heteroatoms. The van der Waals surface area contributed by atoms with Crippen LogP contribution >= 0.6 is 23.2 Å². The highest BCUT2D eigenvalue weighted by molar-refractivity contribution is 6.35. The third-order valence-electron chi connectivity index (χ3n) is 6.09. The highest BCUT2D eigenvalue weighted by atomic mass is 35.5. The standard InChI is InChI=1S/C24H29Cl2N7O/c1-27-17-30(2)20-4-6-21(7-5-20)32-11-9-31(10-12-32)14-24(34,15-33-18-28-16-29-33)22-8-3-19(25)13-23(22)26/h3-8,13,16-18,34H,9-12,14-15H2,1-2H3. The Morgan fingerprint density at radius 1 is 1.09 bits per heavy atom. The maximum atomic E-state index is 11.8. The number of nitrogens with zero attached hydrogens (tertiary/aromatic N) is 7. The highest BCUT2D eigenvalue weighted by Gasteiger charge is 2.35. The van der Waals surface area contributed by atoms with Crippen molar-refractivity contribution in [2.75, 3.05) is 56.6 Å². The number of aliphatic hydroxyl groups is 1. The minimum Gasteiger partial charge on any atom is -0.382 e. The van der Waals surface area contributed by atoms with E-state index in [1.165, 1.54) is 12.0 Å². The van der Waals surface area contributed by atoms with Gasteiger partial charge in [0.2, 0.25) is 0 Å². The fourth-order valence-electron chi connectivity index (χ4n) is 4.34. The lowest BCUT2D eigenvalue weighted by atomic mass is 9.92. The number of rotatable bonds is 8. The summed E-state index contributed by atoms with van der Waals surface area (Å²) in [5.41, 5.74) is 1.66. The number of hydrogen-bond acceptors (Lipinski definition) is 6. The Morgan fingerprint density at radius 3 is 2.44 bits per heavy atom. The molecule has 0 spiro atoms. The van der Waals surface area contributed by atoms with E-state index in [1.807, 2.05) is 11.9 Å². The minimum atomic E-state index is -1.25. The third kappa shape index (κ3) is 5.70. The molecule has 4 rings (SSSR count). The Balaban J connectivity index is 1.45. The molecule has 1 fully saturated rings. The zero-order chi connectivity index (χ0) is 24.1. The smallest absolute Gasteiger partial charge is 0.137 e. The molecule has 0 aliphatic carbocycles. The number of aromatic nitrogens is 3. The van der Waals surface area contributed by atoms with E-state index in [1.54, 1.807) is 42.6 Å². The number of benzene rings is 2. The second-order valence-corrected chi connectivity index (χ2v) is 9.36. The quantitative estimate of drug-likeness (QED) is 0.376. The van der Waals surface area contributed by atoms with E-state index in [0.29, 0.717) is 22.2 Å². The zero-order valence-electron chi connectivity index (χ0n) is 19.3. The fourth-order valence-corrected chi connectivity index (χ4v) is 4.93. The molecule has 34 heavy (non-hydrogen) atoms. The predicted octanol–water partition coefficient (Wildman–Crippen LogP) is 3.39. The molecule has 2 aromatic carbocycles. The molecule has 1 N–H and O–H groups in total. The van der Waals surface area contributed by atoms with Crippen LogP contribution in [0.3, 0.4) is 0 Å². The second kappa shape index (κ2) is 10.7. The van der Waals surface area contributed by atoms with Gasteiger partial charge in [-0.05, 0) is 36.4 Å². The lowest BCUT2D eigenvalue weighted by Crippen LogP contribution is -2.52. The molecule has 0 amide bonds. The van der Waals surface area contributed by atoms with Gasteiger partial charge in [-0.15, -0.1) is 0 Å². The van der Waals surface area contributed by atoms with Gasteiger partial charge in [-0.25, -0.2) is 9.67 Å². The van der Waals surface area contributed by atoms with E-state index >= 15 is 0 Å². The molecule has 1 unspecified atom stereocenters. The van der Waals surface area contributed by atoms with Crippen molar-refractivity contribution < 1.29 is 5.11 Å². The minimum absolute atomic E-state index is 0.241. The van der Waals surface area contributed by atoms with Crippen molar-refractivity contribution in [3.8, 4) is 0 Å². The van der Waals surface area contributed by atoms with Crippen LogP contribution < -0.4 is 9.80 Å². The van der Waals surface area contributed by atoms with Gasteiger partial charge >= 0.3 is 0 Å². The van der Waals surface area contributed by atoms with Gasteiger partial charge in [0.1, 0.15) is 18.3 Å². The molecule has 0 bridgehead atoms. The molecule has 8 nitrogen and oxygen atoms in total. The molecule has 0 radical (unpaired) electrons. The molecule has 1 aliphatic heterocycles. The zero-order valence-corrected chi connectivity index (χ0v) is 20.9. The van der Waals surface area contributed by atoms with Gasteiger partial charge in [-0.1, -0.05) is 29.3 Å². The SMILES string of the molecule is CN=CN(C)c1ccc(N2CCN(CC(O)(Cn3cncn3)c3ccc(Cl)cc3Cl)CC2)cc1. The Hall–Kier alpha value is -2.65. The van der Waals surface area contributed by atoms with Crippen LogP contribution in [0.15, 0.2) is 60.1 Å². The van der Waals surface area contributed by atoms with Crippen LogP contribution in [0.4, 0.5) is 11.4 Å². The summed E-state index contributed by atoms with van der Waals surface area (Å²) in [5, 5.41) is 17.0. The molecule has 1 atom stereocenters. The first-order chi connectivity index (χ1) is 16.4. The Labute approximate surface area is 210 Å². The summed E-state index contributed by atoms with van der Waals surface area (Å²) in [6, 6.07) is 13.7. The molecule has 1 saturated heterocycles. The summed E-state index contributed by atoms with van der Waals surface area (Å²) < 4.78 is 1.63. The number of β-amino-alcohol motifs (C(OH)–C–C–N with tert-alkyl or cyclic N) is 1. The van der Waals surface area contributed by atoms with Crippen molar-refractivity contribution in [3.63, 3.8) is 0 Å². The topological polar surface area (TPSA) is 73.0 Å². The number of piperazine rings is 1. The molecule has 3 aromatic rings. The van der Waals surface area contributed by atoms with E-state index in [9.17, 15) is 5.11 Å². The van der Waals surface area contributed by atoms with Gasteiger partial charge in [0, 0.05) is 73.8 Å². The summed E-state index contributed by atoms with van der Waals surface area (Å²) >= 11 is 12.6. The van der Waals surface area contributed by atoms with E-state index in [2.05, 4.69) is 49.1 Å². The number of anilines is 2. The van der Waals surface area contributed by atoms with Crippen LogP contribution in [-0.2, 0) is 12.1 Å². The van der Waals surface area contributed by atoms with Crippen LogP contribution in [0.2, 0.25) is 10.0 Å². The molecular weight excluding hydrogens is 473 g/mol. The van der Waals surface area contributed by atoms with Crippen LogP contribution in [0.1, 0.15) is 5.56 Å². The summed E-state index contributed by atoms with van der Waals surface area (Å²) in [6.45, 7) is 4.01. The number of hydrogen-bond donors (Lipinski definition) is 1. The Bertz CT molecular complexity index is 1100. The summed E-state index contributed by atoms with van der Waals surface area (Å²) in [7, 11) is 3.74. The molecule has 1 aliphatic rings. The van der Waals surface area contributed by atoms with E-state index in [0.717, 1.165) is 31.9 Å². The van der Waals surface area contributed by atoms with E-state index < -0.39 is 5.60 Å². The average Bonchev–Trinajstić information content (AvgIpc) is 3.32. The maximum Gasteiger partial charge on any atom is 0.137 e. The summed E-state index contributed by atoms with van der Waals surface area (Å²) in [6.07, 6.45) is 4.85. The van der Waals surface area contributed by atoms with Gasteiger partial charge in [0.05, 0.1) is 12.9 Å². The van der Waals surface area contributed by atoms with Gasteiger partial charge in [-0.2, -0.15) is 5.10 Å². The molecule has 1 aromatic heterocycles. The third-order valence-corrected chi connectivity index (χ3v) is 6.64. The number of halogens is 2. The van der Waals surface area contributed by atoms with Crippen molar-refractivity contribution in [3.05, 3.63) is 70.7 Å². The monoisotopic (exact) mass is 501 g/mol. The van der Waals surface area contributed by atoms with Gasteiger partial charge in [0.15, 0.2) is 0 Å². The predicted molar refractivity (Wildman–Crippen MR) is 138 cm³/mol. The first-order valence-electron chi connectivity index (χ1n) is 11.1. The Morgan fingerprint density at radius 2 is 1.82 bits per heavy atom. The van der Waals surface area contributed by atoms with Crippen molar-refractivity contribution in [1.29, 1.82) is 0 Å². The van der Waals surface area contributed by atoms with Gasteiger partial charge < -0.3 is 14.9 Å². The van der Waals surface area contributed by atoms with E-state index in [-0.39, 0.29) is 6.54 Å². The first kappa shape index (κ1) is 24.5. The molecule has 180 valence electrons. The number of aliphatic imine (C=N–C) groups is 1. The second-order valence-electron chi connectivity index (χ2n) is 8.51. The highest BCUT2D eigenvalue weighted by Crippen LogP contribution is 2.33. The lowest BCUT2D eigenvalue weighted by molar-refractivity contribution is -0.0198. The maximum absolute atomic E-state index is 11.8. The first-order valence-corrected chi connectivity index (χ1v) is 11.9. The Kier molecular flexibility index (Phi) is 7.73. The average molecular weight is 502 g/mol. The molecule has 2 heterocycles. The fraction of sp³-hybridized carbons (Fsp3) is 0.375. The summed E-state index contributed by atoms with van der Waals surface area (Å²) in [5.74, 6) is 0. The van der Waals surface area contributed by atoms with Crippen LogP contribution in [-0.4, -0.2) is 77.9 Å².